The molecule has 82 valence electrons. The third-order valence-corrected chi connectivity index (χ3v) is 3.15. The summed E-state index contributed by atoms with van der Waals surface area (Å²) in [5.41, 5.74) is 0. The van der Waals surface area contributed by atoms with Gasteiger partial charge in [-0.1, -0.05) is 25.7 Å². The smallest absolute Gasteiger partial charge is 0.140 e. The van der Waals surface area contributed by atoms with Crippen molar-refractivity contribution < 1.29 is 4.79 Å². The highest BCUT2D eigenvalue weighted by Crippen LogP contribution is 2.27. The summed E-state index contributed by atoms with van der Waals surface area (Å²) in [7, 11) is 1.82. The number of hydrogen-bond donors (Lipinski definition) is 0. The molecular weight excluding hydrogens is 190 g/mol. The second-order valence-corrected chi connectivity index (χ2v) is 4.37. The molecule has 0 radical (unpaired) electrons. The summed E-state index contributed by atoms with van der Waals surface area (Å²) in [6.45, 7) is 0. The molecule has 1 fully saturated rings. The Bertz CT molecular complexity index is 339. The highest BCUT2D eigenvalue weighted by molar-refractivity contribution is 5.80. The van der Waals surface area contributed by atoms with Gasteiger partial charge in [0.1, 0.15) is 17.9 Å². The van der Waals surface area contributed by atoms with Crippen LogP contribution in [-0.2, 0) is 18.3 Å². The van der Waals surface area contributed by atoms with Crippen molar-refractivity contribution in [2.75, 3.05) is 0 Å². The maximum absolute atomic E-state index is 11.7. The zero-order valence-corrected chi connectivity index (χ0v) is 9.15. The molecule has 2 rings (SSSR count). The van der Waals surface area contributed by atoms with E-state index in [-0.39, 0.29) is 0 Å². The number of ketones is 1. The number of nitrogens with zero attached hydrogens (tertiary/aromatic N) is 3. The Kier molecular flexibility index (Phi) is 3.14. The molecule has 1 aromatic rings. The van der Waals surface area contributed by atoms with Gasteiger partial charge in [0.05, 0.1) is 6.42 Å². The van der Waals surface area contributed by atoms with Crippen molar-refractivity contribution in [2.45, 2.75) is 38.5 Å². The molecule has 4 nitrogen and oxygen atoms in total. The lowest BCUT2D eigenvalue weighted by atomic mass is 9.99. The summed E-state index contributed by atoms with van der Waals surface area (Å²) in [6, 6.07) is 0. The van der Waals surface area contributed by atoms with E-state index in [1.165, 1.54) is 32.0 Å². The first-order chi connectivity index (χ1) is 7.25. The standard InChI is InChI=1S/C11H17N3O/c1-14-11(12-8-13-14)7-10(15)6-9-4-2-3-5-9/h8-9H,2-7H2,1H3. The molecule has 0 N–H and O–H groups in total. The summed E-state index contributed by atoms with van der Waals surface area (Å²) < 4.78 is 1.67. The van der Waals surface area contributed by atoms with Gasteiger partial charge in [0.25, 0.3) is 0 Å². The SMILES string of the molecule is Cn1ncnc1CC(=O)CC1CCCC1. The summed E-state index contributed by atoms with van der Waals surface area (Å²) in [6.07, 6.45) is 7.71. The number of aryl methyl sites for hydroxylation is 1. The highest BCUT2D eigenvalue weighted by atomic mass is 16.1. The summed E-state index contributed by atoms with van der Waals surface area (Å²) in [4.78, 5) is 15.8. The van der Waals surface area contributed by atoms with Crippen LogP contribution >= 0.6 is 0 Å². The second-order valence-electron chi connectivity index (χ2n) is 4.37. The van der Waals surface area contributed by atoms with Gasteiger partial charge >= 0.3 is 0 Å². The van der Waals surface area contributed by atoms with Gasteiger partial charge in [-0.2, -0.15) is 5.10 Å². The first-order valence-electron chi connectivity index (χ1n) is 5.60. The Morgan fingerprint density at radius 1 is 1.53 bits per heavy atom. The Morgan fingerprint density at radius 2 is 2.27 bits per heavy atom. The van der Waals surface area contributed by atoms with E-state index in [9.17, 15) is 4.79 Å². The first kappa shape index (κ1) is 10.3. The molecule has 4 heteroatoms. The van der Waals surface area contributed by atoms with Crippen LogP contribution in [0.25, 0.3) is 0 Å². The summed E-state index contributed by atoms with van der Waals surface area (Å²) in [5.74, 6) is 1.71. The molecule has 1 aliphatic rings. The molecule has 1 aliphatic carbocycles. The quantitative estimate of drug-likeness (QED) is 0.751. The van der Waals surface area contributed by atoms with Gasteiger partial charge in [0, 0.05) is 13.5 Å². The maximum atomic E-state index is 11.7. The van der Waals surface area contributed by atoms with Crippen LogP contribution < -0.4 is 0 Å². The van der Waals surface area contributed by atoms with Crippen LogP contribution in [-0.4, -0.2) is 20.5 Å². The van der Waals surface area contributed by atoms with Crippen LogP contribution in [0, 0.1) is 5.92 Å². The highest BCUT2D eigenvalue weighted by Gasteiger charge is 2.19. The van der Waals surface area contributed by atoms with Crippen molar-refractivity contribution in [1.82, 2.24) is 14.8 Å². The van der Waals surface area contributed by atoms with Crippen LogP contribution in [0.1, 0.15) is 37.9 Å². The van der Waals surface area contributed by atoms with Crippen LogP contribution in [0.4, 0.5) is 0 Å². The van der Waals surface area contributed by atoms with Gasteiger partial charge in [-0.3, -0.25) is 9.48 Å². The third-order valence-electron chi connectivity index (χ3n) is 3.15. The van der Waals surface area contributed by atoms with Gasteiger partial charge in [0.2, 0.25) is 0 Å². The molecule has 0 aliphatic heterocycles. The number of aromatic nitrogens is 3. The van der Waals surface area contributed by atoms with E-state index in [1.807, 2.05) is 7.05 Å². The van der Waals surface area contributed by atoms with Crippen molar-refractivity contribution in [3.05, 3.63) is 12.2 Å². The van der Waals surface area contributed by atoms with Crippen LogP contribution in [0.5, 0.6) is 0 Å². The molecule has 0 atom stereocenters. The first-order valence-corrected chi connectivity index (χ1v) is 5.60. The number of hydrogen-bond acceptors (Lipinski definition) is 3. The molecule has 0 aromatic carbocycles. The average Bonchev–Trinajstić information content (AvgIpc) is 2.79. The fourth-order valence-corrected chi connectivity index (χ4v) is 2.27. The Labute approximate surface area is 89.7 Å². The van der Waals surface area contributed by atoms with E-state index < -0.39 is 0 Å². The van der Waals surface area contributed by atoms with Crippen LogP contribution in [0.2, 0.25) is 0 Å². The third kappa shape index (κ3) is 2.64. The fraction of sp³-hybridized carbons (Fsp3) is 0.727. The lowest BCUT2D eigenvalue weighted by molar-refractivity contribution is -0.119. The zero-order valence-electron chi connectivity index (χ0n) is 9.15. The van der Waals surface area contributed by atoms with Crippen LogP contribution in [0.15, 0.2) is 6.33 Å². The Morgan fingerprint density at radius 3 is 2.87 bits per heavy atom. The largest absolute Gasteiger partial charge is 0.299 e. The van der Waals surface area contributed by atoms with Gasteiger partial charge in [-0.05, 0) is 5.92 Å². The molecule has 1 aromatic heterocycles. The molecule has 0 spiro atoms. The number of Topliss-reactive ketones (excluding diaryl/α,β-unsaturated/α-hetero) is 1. The molecular formula is C11H17N3O. The minimum absolute atomic E-state index is 0.304. The lowest BCUT2D eigenvalue weighted by Gasteiger charge is -2.06. The van der Waals surface area contributed by atoms with Gasteiger partial charge in [-0.15, -0.1) is 0 Å². The Hall–Kier alpha value is -1.19. The molecule has 1 saturated carbocycles. The van der Waals surface area contributed by atoms with E-state index in [4.69, 9.17) is 0 Å². The van der Waals surface area contributed by atoms with Crippen molar-refractivity contribution in [2.24, 2.45) is 13.0 Å². The average molecular weight is 207 g/mol. The van der Waals surface area contributed by atoms with E-state index in [0.717, 1.165) is 12.2 Å². The molecule has 0 unspecified atom stereocenters. The van der Waals surface area contributed by atoms with E-state index >= 15 is 0 Å². The number of carbonyl (C=O) groups excluding carboxylic acids is 1. The topological polar surface area (TPSA) is 47.8 Å². The molecule has 1 heterocycles. The van der Waals surface area contributed by atoms with Gasteiger partial charge < -0.3 is 0 Å². The normalized spacial score (nSPS) is 17.1. The van der Waals surface area contributed by atoms with Crippen molar-refractivity contribution in [3.63, 3.8) is 0 Å². The fourth-order valence-electron chi connectivity index (χ4n) is 2.27. The predicted octanol–water partition coefficient (Wildman–Crippen LogP) is 1.51. The maximum Gasteiger partial charge on any atom is 0.140 e. The van der Waals surface area contributed by atoms with Crippen molar-refractivity contribution in [3.8, 4) is 0 Å². The minimum atomic E-state index is 0.304. The number of rotatable bonds is 4. The minimum Gasteiger partial charge on any atom is -0.299 e. The second kappa shape index (κ2) is 4.55. The summed E-state index contributed by atoms with van der Waals surface area (Å²) >= 11 is 0. The van der Waals surface area contributed by atoms with Gasteiger partial charge in [-0.25, -0.2) is 4.98 Å². The van der Waals surface area contributed by atoms with E-state index in [1.54, 1.807) is 4.68 Å². The molecule has 15 heavy (non-hydrogen) atoms. The predicted molar refractivity (Wildman–Crippen MR) is 56.3 cm³/mol. The Balaban J connectivity index is 1.84. The van der Waals surface area contributed by atoms with E-state index in [2.05, 4.69) is 10.1 Å². The summed E-state index contributed by atoms with van der Waals surface area (Å²) in [5, 5.41) is 3.95. The van der Waals surface area contributed by atoms with Crippen molar-refractivity contribution >= 4 is 5.78 Å². The lowest BCUT2D eigenvalue weighted by Crippen LogP contribution is -2.11. The van der Waals surface area contributed by atoms with Crippen molar-refractivity contribution in [1.29, 1.82) is 0 Å². The zero-order chi connectivity index (χ0) is 10.7. The molecule has 0 bridgehead atoms. The molecule has 0 saturated heterocycles. The van der Waals surface area contributed by atoms with E-state index in [0.29, 0.717) is 18.1 Å². The molecule has 0 amide bonds. The monoisotopic (exact) mass is 207 g/mol. The number of carbonyl (C=O) groups is 1. The van der Waals surface area contributed by atoms with Gasteiger partial charge in [0.15, 0.2) is 0 Å². The van der Waals surface area contributed by atoms with Crippen LogP contribution in [0.3, 0.4) is 0 Å².